The normalized spacial score (nSPS) is 10.1. The van der Waals surface area contributed by atoms with E-state index in [9.17, 15) is 9.59 Å². The van der Waals surface area contributed by atoms with Crippen LogP contribution in [0.3, 0.4) is 0 Å². The molecule has 0 bridgehead atoms. The van der Waals surface area contributed by atoms with E-state index >= 15 is 0 Å². The molecule has 0 fully saturated rings. The summed E-state index contributed by atoms with van der Waals surface area (Å²) in [5.74, 6) is -0.274. The van der Waals surface area contributed by atoms with Crippen molar-refractivity contribution in [3.8, 4) is 0 Å². The largest absolute Gasteiger partial charge is 0.350 e. The Balaban J connectivity index is 1.77. The maximum Gasteiger partial charge on any atom is 0.251 e. The molecule has 2 aromatic carbocycles. The van der Waals surface area contributed by atoms with E-state index in [1.807, 2.05) is 36.4 Å². The number of carbonyl (C=O) groups is 2. The second-order valence-electron chi connectivity index (χ2n) is 4.53. The Morgan fingerprint density at radius 3 is 1.55 bits per heavy atom. The monoisotopic (exact) mass is 520 g/mol. The van der Waals surface area contributed by atoms with Crippen molar-refractivity contribution in [1.82, 2.24) is 10.6 Å². The molecule has 22 heavy (non-hydrogen) atoms. The lowest BCUT2D eigenvalue weighted by Crippen LogP contribution is -2.34. The third-order valence-electron chi connectivity index (χ3n) is 2.87. The van der Waals surface area contributed by atoms with Crippen molar-refractivity contribution in [2.45, 2.75) is 0 Å². The molecule has 0 aromatic heterocycles. The Morgan fingerprint density at radius 1 is 0.773 bits per heavy atom. The van der Waals surface area contributed by atoms with Crippen LogP contribution in [0.1, 0.15) is 20.7 Å². The summed E-state index contributed by atoms with van der Waals surface area (Å²) in [4.78, 5) is 23.9. The first-order valence-corrected chi connectivity index (χ1v) is 8.79. The van der Waals surface area contributed by atoms with Gasteiger partial charge in [-0.3, -0.25) is 9.59 Å². The lowest BCUT2D eigenvalue weighted by Gasteiger charge is -2.08. The van der Waals surface area contributed by atoms with Crippen LogP contribution in [0.25, 0.3) is 0 Å². The minimum atomic E-state index is -0.137. The molecule has 0 heterocycles. The van der Waals surface area contributed by atoms with Gasteiger partial charge in [0.15, 0.2) is 0 Å². The molecule has 2 rings (SSSR count). The van der Waals surface area contributed by atoms with Gasteiger partial charge < -0.3 is 10.6 Å². The van der Waals surface area contributed by atoms with Gasteiger partial charge in [0.25, 0.3) is 11.8 Å². The summed E-state index contributed by atoms with van der Waals surface area (Å²) in [5, 5.41) is 5.57. The highest BCUT2D eigenvalue weighted by atomic mass is 127. The Hall–Kier alpha value is -1.16. The molecule has 0 spiro atoms. The summed E-state index contributed by atoms with van der Waals surface area (Å²) >= 11 is 4.33. The van der Waals surface area contributed by atoms with Crippen LogP contribution in [0.4, 0.5) is 0 Å². The lowest BCUT2D eigenvalue weighted by molar-refractivity contribution is 0.0927. The summed E-state index contributed by atoms with van der Waals surface area (Å²) in [6.07, 6.45) is 0. The van der Waals surface area contributed by atoms with Gasteiger partial charge in [0.2, 0.25) is 0 Å². The number of hydrogen-bond donors (Lipinski definition) is 2. The van der Waals surface area contributed by atoms with Crippen LogP contribution in [-0.4, -0.2) is 24.9 Å². The lowest BCUT2D eigenvalue weighted by atomic mass is 10.2. The van der Waals surface area contributed by atoms with Gasteiger partial charge in [-0.15, -0.1) is 0 Å². The van der Waals surface area contributed by atoms with Crippen molar-refractivity contribution in [3.63, 3.8) is 0 Å². The third kappa shape index (κ3) is 5.24. The maximum atomic E-state index is 11.9. The molecule has 0 unspecified atom stereocenters. The van der Waals surface area contributed by atoms with Crippen LogP contribution in [-0.2, 0) is 0 Å². The summed E-state index contributed by atoms with van der Waals surface area (Å²) < 4.78 is 2.02. The molecule has 4 nitrogen and oxygen atoms in total. The molecule has 0 aliphatic heterocycles. The highest BCUT2D eigenvalue weighted by molar-refractivity contribution is 14.1. The fourth-order valence-corrected chi connectivity index (χ4v) is 2.90. The number of nitrogens with one attached hydrogen (secondary N) is 2. The summed E-state index contributed by atoms with van der Waals surface area (Å²) in [6.45, 7) is 0.778. The van der Waals surface area contributed by atoms with E-state index in [4.69, 9.17) is 0 Å². The summed E-state index contributed by atoms with van der Waals surface area (Å²) in [5.41, 5.74) is 1.24. The predicted octanol–water partition coefficient (Wildman–Crippen LogP) is 3.06. The molecule has 2 amide bonds. The zero-order valence-electron chi connectivity index (χ0n) is 11.6. The van der Waals surface area contributed by atoms with Crippen molar-refractivity contribution >= 4 is 57.0 Å². The average molecular weight is 520 g/mol. The van der Waals surface area contributed by atoms with Crippen LogP contribution in [0, 0.1) is 7.14 Å². The number of rotatable bonds is 5. The van der Waals surface area contributed by atoms with Crippen molar-refractivity contribution in [3.05, 3.63) is 66.8 Å². The number of amides is 2. The van der Waals surface area contributed by atoms with E-state index in [0.717, 1.165) is 7.14 Å². The Kier molecular flexibility index (Phi) is 6.62. The van der Waals surface area contributed by atoms with E-state index in [2.05, 4.69) is 55.8 Å². The third-order valence-corrected chi connectivity index (χ3v) is 4.21. The molecule has 0 saturated carbocycles. The fourth-order valence-electron chi connectivity index (χ4n) is 1.82. The molecule has 6 heteroatoms. The van der Waals surface area contributed by atoms with Gasteiger partial charge in [-0.25, -0.2) is 0 Å². The molecule has 114 valence electrons. The first kappa shape index (κ1) is 17.2. The highest BCUT2D eigenvalue weighted by Gasteiger charge is 2.07. The van der Waals surface area contributed by atoms with Crippen LogP contribution >= 0.6 is 45.2 Å². The zero-order chi connectivity index (χ0) is 15.9. The number of hydrogen-bond acceptors (Lipinski definition) is 2. The second kappa shape index (κ2) is 8.47. The van der Waals surface area contributed by atoms with Gasteiger partial charge in [-0.2, -0.15) is 0 Å². The first-order chi connectivity index (χ1) is 10.6. The van der Waals surface area contributed by atoms with Crippen molar-refractivity contribution in [2.24, 2.45) is 0 Å². The van der Waals surface area contributed by atoms with Crippen LogP contribution in [0.15, 0.2) is 48.5 Å². The maximum absolute atomic E-state index is 11.9. The molecule has 2 aromatic rings. The number of halogens is 2. The molecule has 0 radical (unpaired) electrons. The van der Waals surface area contributed by atoms with E-state index in [1.165, 1.54) is 0 Å². The van der Waals surface area contributed by atoms with Crippen molar-refractivity contribution in [1.29, 1.82) is 0 Å². The van der Waals surface area contributed by atoms with E-state index in [-0.39, 0.29) is 11.8 Å². The van der Waals surface area contributed by atoms with E-state index in [0.29, 0.717) is 24.2 Å². The molecule has 0 aliphatic rings. The molecular weight excluding hydrogens is 506 g/mol. The van der Waals surface area contributed by atoms with Gasteiger partial charge in [0.1, 0.15) is 0 Å². The van der Waals surface area contributed by atoms with Gasteiger partial charge in [-0.1, -0.05) is 12.1 Å². The topological polar surface area (TPSA) is 58.2 Å². The van der Waals surface area contributed by atoms with Crippen LogP contribution in [0.5, 0.6) is 0 Å². The molecule has 0 aliphatic carbocycles. The zero-order valence-corrected chi connectivity index (χ0v) is 15.9. The minimum Gasteiger partial charge on any atom is -0.350 e. The standard InChI is InChI=1S/C16H14I2N2O2/c17-13-5-1-3-11(9-13)15(21)19-7-8-20-16(22)12-4-2-6-14(18)10-12/h1-6,9-10H,7-8H2,(H,19,21)(H,20,22). The fraction of sp³-hybridized carbons (Fsp3) is 0.125. The molecule has 0 saturated heterocycles. The van der Waals surface area contributed by atoms with Gasteiger partial charge in [-0.05, 0) is 81.6 Å². The van der Waals surface area contributed by atoms with Gasteiger partial charge in [0.05, 0.1) is 0 Å². The van der Waals surface area contributed by atoms with Crippen molar-refractivity contribution < 1.29 is 9.59 Å². The molecule has 0 atom stereocenters. The predicted molar refractivity (Wildman–Crippen MR) is 103 cm³/mol. The summed E-state index contributed by atoms with van der Waals surface area (Å²) in [6, 6.07) is 14.7. The van der Waals surface area contributed by atoms with Gasteiger partial charge in [0, 0.05) is 31.4 Å². The SMILES string of the molecule is O=C(NCCNC(=O)c1cccc(I)c1)c1cccc(I)c1. The Morgan fingerprint density at radius 2 is 1.18 bits per heavy atom. The van der Waals surface area contributed by atoms with E-state index in [1.54, 1.807) is 12.1 Å². The number of benzene rings is 2. The number of carbonyl (C=O) groups excluding carboxylic acids is 2. The summed E-state index contributed by atoms with van der Waals surface area (Å²) in [7, 11) is 0. The Bertz CT molecular complexity index is 630. The first-order valence-electron chi connectivity index (χ1n) is 6.64. The molecule has 2 N–H and O–H groups in total. The highest BCUT2D eigenvalue weighted by Crippen LogP contribution is 2.08. The van der Waals surface area contributed by atoms with Crippen LogP contribution in [0.2, 0.25) is 0 Å². The molecular formula is C16H14I2N2O2. The quantitative estimate of drug-likeness (QED) is 0.471. The smallest absolute Gasteiger partial charge is 0.251 e. The minimum absolute atomic E-state index is 0.137. The van der Waals surface area contributed by atoms with Gasteiger partial charge >= 0.3 is 0 Å². The van der Waals surface area contributed by atoms with Crippen molar-refractivity contribution in [2.75, 3.05) is 13.1 Å². The van der Waals surface area contributed by atoms with E-state index < -0.39 is 0 Å². The Labute approximate surface area is 156 Å². The second-order valence-corrected chi connectivity index (χ2v) is 7.02. The average Bonchev–Trinajstić information content (AvgIpc) is 2.51. The van der Waals surface area contributed by atoms with Crippen LogP contribution < -0.4 is 10.6 Å².